The summed E-state index contributed by atoms with van der Waals surface area (Å²) in [5.74, 6) is -4.10. The Bertz CT molecular complexity index is 1160. The van der Waals surface area contributed by atoms with Crippen molar-refractivity contribution in [1.82, 2.24) is 19.3 Å². The molecule has 34 heavy (non-hydrogen) atoms. The summed E-state index contributed by atoms with van der Waals surface area (Å²) < 4.78 is 106. The number of anilines is 2. The van der Waals surface area contributed by atoms with E-state index < -0.39 is 63.1 Å². The average molecular weight is 531 g/mol. The minimum Gasteiger partial charge on any atom is -0.358 e. The molecule has 2 aliphatic rings. The van der Waals surface area contributed by atoms with Crippen LogP contribution in [0.2, 0.25) is 0 Å². The summed E-state index contributed by atoms with van der Waals surface area (Å²) >= 11 is 0.471. The Morgan fingerprint density at radius 2 is 1.76 bits per heavy atom. The number of nitrogens with zero attached hydrogens (tertiary/aromatic N) is 4. The minimum atomic E-state index is -4.93. The van der Waals surface area contributed by atoms with Crippen LogP contribution in [0.15, 0.2) is 6.20 Å². The number of thiazole rings is 1. The fourth-order valence-electron chi connectivity index (χ4n) is 3.78. The first-order chi connectivity index (χ1) is 15.7. The summed E-state index contributed by atoms with van der Waals surface area (Å²) in [6.07, 6.45) is -3.36. The molecule has 2 aromatic heterocycles. The van der Waals surface area contributed by atoms with Crippen LogP contribution < -0.4 is 10.6 Å². The van der Waals surface area contributed by atoms with E-state index in [2.05, 4.69) is 25.6 Å². The molecule has 1 aliphatic carbocycles. The topological polar surface area (TPSA) is 100 Å². The van der Waals surface area contributed by atoms with Crippen molar-refractivity contribution in [1.29, 1.82) is 0 Å². The fraction of sp³-hybridized carbons (Fsp3) is 0.611. The van der Waals surface area contributed by atoms with E-state index in [-0.39, 0.29) is 30.2 Å². The molecule has 8 nitrogen and oxygen atoms in total. The molecule has 188 valence electrons. The minimum absolute atomic E-state index is 0.121. The molecule has 0 amide bonds. The molecule has 4 rings (SSSR count). The quantitative estimate of drug-likeness (QED) is 0.548. The SMILES string of the molecule is CS(=O)(=O)N1CCC(Nc2ncc(F)c(-c3sc(NC4CC(F)(F)C4)nc3C(F)(F)F)n2)CC1. The molecule has 2 fully saturated rings. The maximum atomic E-state index is 14.5. The average Bonchev–Trinajstić information content (AvgIpc) is 3.12. The van der Waals surface area contributed by atoms with Gasteiger partial charge in [-0.3, -0.25) is 0 Å². The van der Waals surface area contributed by atoms with Crippen LogP contribution in [-0.4, -0.2) is 65.0 Å². The summed E-state index contributed by atoms with van der Waals surface area (Å²) in [6.45, 7) is 0.486. The zero-order valence-electron chi connectivity index (χ0n) is 17.7. The van der Waals surface area contributed by atoms with E-state index in [0.29, 0.717) is 24.2 Å². The van der Waals surface area contributed by atoms with Crippen molar-refractivity contribution in [2.24, 2.45) is 0 Å². The molecule has 0 aromatic carbocycles. The highest BCUT2D eigenvalue weighted by Gasteiger charge is 2.46. The van der Waals surface area contributed by atoms with E-state index in [1.165, 1.54) is 4.31 Å². The van der Waals surface area contributed by atoms with Gasteiger partial charge in [-0.25, -0.2) is 40.8 Å². The van der Waals surface area contributed by atoms with Crippen LogP contribution in [0.4, 0.5) is 37.4 Å². The standard InChI is InChI=1S/C18H20F6N6O2S2/c1-34(31,32)30-4-2-9(3-5-30)26-15-25-8-11(19)12(28-15)13-14(18(22,23)24)29-16(33-13)27-10-6-17(20,21)7-10/h8-10H,2-7H2,1H3,(H,27,29)(H,25,26,28). The monoisotopic (exact) mass is 530 g/mol. The van der Waals surface area contributed by atoms with Crippen LogP contribution >= 0.6 is 11.3 Å². The Kier molecular flexibility index (Phi) is 6.44. The first-order valence-corrected chi connectivity index (χ1v) is 12.8. The van der Waals surface area contributed by atoms with Crippen molar-refractivity contribution in [3.05, 3.63) is 17.7 Å². The summed E-state index contributed by atoms with van der Waals surface area (Å²) in [4.78, 5) is 10.6. The third-order valence-electron chi connectivity index (χ3n) is 5.53. The molecule has 2 N–H and O–H groups in total. The van der Waals surface area contributed by atoms with Crippen LogP contribution in [0.5, 0.6) is 0 Å². The van der Waals surface area contributed by atoms with Crippen LogP contribution in [0.25, 0.3) is 10.6 Å². The van der Waals surface area contributed by atoms with Crippen LogP contribution in [0.3, 0.4) is 0 Å². The zero-order chi connectivity index (χ0) is 24.9. The molecule has 0 bridgehead atoms. The smallest absolute Gasteiger partial charge is 0.358 e. The van der Waals surface area contributed by atoms with E-state index in [1.807, 2.05) is 0 Å². The Morgan fingerprint density at radius 3 is 2.32 bits per heavy atom. The van der Waals surface area contributed by atoms with Gasteiger partial charge in [-0.1, -0.05) is 11.3 Å². The molecule has 0 atom stereocenters. The van der Waals surface area contributed by atoms with Gasteiger partial charge < -0.3 is 10.6 Å². The van der Waals surface area contributed by atoms with E-state index >= 15 is 0 Å². The maximum Gasteiger partial charge on any atom is 0.434 e. The second kappa shape index (κ2) is 8.78. The normalized spacial score (nSPS) is 20.2. The van der Waals surface area contributed by atoms with Crippen molar-refractivity contribution in [2.45, 2.75) is 49.9 Å². The molecule has 2 aromatic rings. The highest BCUT2D eigenvalue weighted by atomic mass is 32.2. The van der Waals surface area contributed by atoms with Crippen LogP contribution in [0, 0.1) is 5.82 Å². The number of rotatable bonds is 6. The Balaban J connectivity index is 1.55. The van der Waals surface area contributed by atoms with Gasteiger partial charge in [-0.15, -0.1) is 0 Å². The second-order valence-electron chi connectivity index (χ2n) is 8.27. The van der Waals surface area contributed by atoms with Gasteiger partial charge in [0.2, 0.25) is 16.0 Å². The van der Waals surface area contributed by atoms with Gasteiger partial charge in [0, 0.05) is 38.0 Å². The van der Waals surface area contributed by atoms with Crippen molar-refractivity contribution < 1.29 is 34.8 Å². The molecular weight excluding hydrogens is 510 g/mol. The summed E-state index contributed by atoms with van der Waals surface area (Å²) in [7, 11) is -3.33. The number of halogens is 6. The second-order valence-corrected chi connectivity index (χ2v) is 11.3. The molecule has 1 aliphatic heterocycles. The molecule has 0 unspecified atom stereocenters. The lowest BCUT2D eigenvalue weighted by molar-refractivity contribution is -0.140. The zero-order valence-corrected chi connectivity index (χ0v) is 19.3. The number of aromatic nitrogens is 3. The van der Waals surface area contributed by atoms with Crippen molar-refractivity contribution >= 4 is 32.4 Å². The summed E-state index contributed by atoms with van der Waals surface area (Å²) in [6, 6.07) is -1.00. The van der Waals surface area contributed by atoms with Gasteiger partial charge in [0.25, 0.3) is 5.92 Å². The highest BCUT2D eigenvalue weighted by Crippen LogP contribution is 2.44. The molecule has 0 spiro atoms. The number of hydrogen-bond acceptors (Lipinski definition) is 8. The van der Waals surface area contributed by atoms with Crippen LogP contribution in [-0.2, 0) is 16.2 Å². The van der Waals surface area contributed by atoms with E-state index in [1.54, 1.807) is 0 Å². The van der Waals surface area contributed by atoms with Gasteiger partial charge in [-0.2, -0.15) is 13.2 Å². The number of piperidine rings is 1. The molecular formula is C18H20F6N6O2S2. The third kappa shape index (κ3) is 5.54. The van der Waals surface area contributed by atoms with Gasteiger partial charge in [0.15, 0.2) is 16.6 Å². The van der Waals surface area contributed by atoms with Crippen molar-refractivity contribution in [3.8, 4) is 10.6 Å². The molecule has 0 radical (unpaired) electrons. The van der Waals surface area contributed by atoms with E-state index in [4.69, 9.17) is 0 Å². The van der Waals surface area contributed by atoms with Crippen molar-refractivity contribution in [3.63, 3.8) is 0 Å². The first-order valence-electron chi connectivity index (χ1n) is 10.2. The number of hydrogen-bond donors (Lipinski definition) is 2. The lowest BCUT2D eigenvalue weighted by atomic mass is 9.88. The summed E-state index contributed by atoms with van der Waals surface area (Å²) in [5.41, 5.74) is -2.00. The van der Waals surface area contributed by atoms with Crippen molar-refractivity contribution in [2.75, 3.05) is 30.0 Å². The highest BCUT2D eigenvalue weighted by molar-refractivity contribution is 7.88. The van der Waals surface area contributed by atoms with E-state index in [0.717, 1.165) is 12.5 Å². The largest absolute Gasteiger partial charge is 0.434 e. The number of sulfonamides is 1. The Labute approximate surface area is 194 Å². The summed E-state index contributed by atoms with van der Waals surface area (Å²) in [5, 5.41) is 5.19. The molecule has 1 saturated carbocycles. The van der Waals surface area contributed by atoms with Gasteiger partial charge in [0.05, 0.1) is 17.3 Å². The predicted octanol–water partition coefficient (Wildman–Crippen LogP) is 3.80. The number of nitrogens with one attached hydrogen (secondary N) is 2. The molecule has 16 heteroatoms. The molecule has 1 saturated heterocycles. The lowest BCUT2D eigenvalue weighted by Gasteiger charge is -2.35. The van der Waals surface area contributed by atoms with Gasteiger partial charge in [0.1, 0.15) is 5.69 Å². The van der Waals surface area contributed by atoms with Crippen LogP contribution in [0.1, 0.15) is 31.4 Å². The third-order valence-corrected chi connectivity index (χ3v) is 7.83. The number of alkyl halides is 5. The Morgan fingerprint density at radius 1 is 1.12 bits per heavy atom. The fourth-order valence-corrected chi connectivity index (χ4v) is 5.71. The molecule has 3 heterocycles. The Hall–Kier alpha value is -2.20. The first kappa shape index (κ1) is 24.9. The van der Waals surface area contributed by atoms with Gasteiger partial charge >= 0.3 is 6.18 Å². The van der Waals surface area contributed by atoms with E-state index in [9.17, 15) is 34.8 Å². The maximum absolute atomic E-state index is 14.5. The van der Waals surface area contributed by atoms with Gasteiger partial charge in [-0.05, 0) is 12.8 Å². The predicted molar refractivity (Wildman–Crippen MR) is 113 cm³/mol. The lowest BCUT2D eigenvalue weighted by Crippen LogP contribution is -2.44.